The molecule has 52 valence electrons. The van der Waals surface area contributed by atoms with Gasteiger partial charge in [-0.05, 0) is 25.1 Å². The van der Waals surface area contributed by atoms with Crippen LogP contribution in [0.15, 0.2) is 31.5 Å². The maximum atomic E-state index is 3.82. The predicted octanol–water partition coefficient (Wildman–Crippen LogP) is 2.62. The molecule has 0 spiro atoms. The average molecular weight is 133 g/mol. The van der Waals surface area contributed by atoms with Crippen LogP contribution in [-0.4, -0.2) is 4.57 Å². The molecule has 1 heteroatoms. The van der Waals surface area contributed by atoms with E-state index in [-0.39, 0.29) is 0 Å². The molecule has 0 atom stereocenters. The van der Waals surface area contributed by atoms with E-state index in [0.717, 1.165) is 11.4 Å². The van der Waals surface area contributed by atoms with E-state index in [2.05, 4.69) is 13.2 Å². The van der Waals surface area contributed by atoms with Gasteiger partial charge in [-0.25, -0.2) is 0 Å². The van der Waals surface area contributed by atoms with Crippen molar-refractivity contribution in [2.45, 2.75) is 6.92 Å². The van der Waals surface area contributed by atoms with Gasteiger partial charge in [-0.1, -0.05) is 13.2 Å². The molecule has 0 amide bonds. The maximum Gasteiger partial charge on any atom is 0.0446 e. The second kappa shape index (κ2) is 2.56. The Morgan fingerprint density at radius 2 is 2.40 bits per heavy atom. The molecule has 0 aliphatic carbocycles. The summed E-state index contributed by atoms with van der Waals surface area (Å²) in [6.07, 6.45) is 3.79. The molecule has 1 heterocycles. The summed E-state index contributed by atoms with van der Waals surface area (Å²) in [5.41, 5.74) is 2.10. The van der Waals surface area contributed by atoms with Crippen LogP contribution < -0.4 is 0 Å². The molecular weight excluding hydrogens is 122 g/mol. The molecule has 0 aliphatic rings. The van der Waals surface area contributed by atoms with Crippen molar-refractivity contribution < 1.29 is 0 Å². The van der Waals surface area contributed by atoms with Crippen LogP contribution in [0.3, 0.4) is 0 Å². The van der Waals surface area contributed by atoms with Crippen molar-refractivity contribution in [3.05, 3.63) is 37.2 Å². The Kier molecular flexibility index (Phi) is 1.76. The first-order valence-electron chi connectivity index (χ1n) is 3.21. The Morgan fingerprint density at radius 1 is 1.70 bits per heavy atom. The van der Waals surface area contributed by atoms with Crippen molar-refractivity contribution >= 4 is 11.8 Å². The summed E-state index contributed by atoms with van der Waals surface area (Å²) in [4.78, 5) is 0. The highest BCUT2D eigenvalue weighted by atomic mass is 15.0. The third-order valence-corrected chi connectivity index (χ3v) is 1.40. The van der Waals surface area contributed by atoms with Crippen LogP contribution in [0.5, 0.6) is 0 Å². The summed E-state index contributed by atoms with van der Waals surface area (Å²) in [6.45, 7) is 9.47. The molecule has 0 unspecified atom stereocenters. The molecule has 0 bridgehead atoms. The fraction of sp³-hybridized carbons (Fsp3) is 0.111. The highest BCUT2D eigenvalue weighted by Crippen LogP contribution is 2.08. The minimum Gasteiger partial charge on any atom is -0.322 e. The van der Waals surface area contributed by atoms with Crippen molar-refractivity contribution in [3.63, 3.8) is 0 Å². The third-order valence-electron chi connectivity index (χ3n) is 1.40. The largest absolute Gasteiger partial charge is 0.322 e. The van der Waals surface area contributed by atoms with Crippen LogP contribution in [0.1, 0.15) is 12.6 Å². The zero-order valence-corrected chi connectivity index (χ0v) is 6.17. The summed E-state index contributed by atoms with van der Waals surface area (Å²) in [5.74, 6) is 0. The standard InChI is InChI=1S/C9H11N/c1-4-9-6-5-7-10(9)8(2)3/h4-7H,1-2H2,3H3. The van der Waals surface area contributed by atoms with Crippen LogP contribution in [0.4, 0.5) is 0 Å². The first-order chi connectivity index (χ1) is 4.75. The molecule has 1 aromatic rings. The summed E-state index contributed by atoms with van der Waals surface area (Å²) in [7, 11) is 0. The molecule has 1 aromatic heterocycles. The van der Waals surface area contributed by atoms with Crippen molar-refractivity contribution in [2.75, 3.05) is 0 Å². The van der Waals surface area contributed by atoms with Gasteiger partial charge in [0.05, 0.1) is 0 Å². The predicted molar refractivity (Wildman–Crippen MR) is 45.5 cm³/mol. The quantitative estimate of drug-likeness (QED) is 0.584. The lowest BCUT2D eigenvalue weighted by Gasteiger charge is -2.02. The van der Waals surface area contributed by atoms with E-state index in [4.69, 9.17) is 0 Å². The highest BCUT2D eigenvalue weighted by Gasteiger charge is 1.93. The SMILES string of the molecule is C=Cc1cccn1C(=C)C. The van der Waals surface area contributed by atoms with E-state index >= 15 is 0 Å². The number of allylic oxidation sites excluding steroid dienone is 1. The summed E-state index contributed by atoms with van der Waals surface area (Å²) in [5, 5.41) is 0. The van der Waals surface area contributed by atoms with E-state index in [9.17, 15) is 0 Å². The van der Waals surface area contributed by atoms with Gasteiger partial charge in [0.15, 0.2) is 0 Å². The van der Waals surface area contributed by atoms with Crippen molar-refractivity contribution in [3.8, 4) is 0 Å². The van der Waals surface area contributed by atoms with Crippen LogP contribution in [-0.2, 0) is 0 Å². The molecule has 0 saturated heterocycles. The second-order valence-electron chi connectivity index (χ2n) is 2.24. The van der Waals surface area contributed by atoms with Crippen LogP contribution in [0.25, 0.3) is 11.8 Å². The zero-order valence-electron chi connectivity index (χ0n) is 6.17. The number of hydrogen-bond donors (Lipinski definition) is 0. The van der Waals surface area contributed by atoms with Crippen LogP contribution >= 0.6 is 0 Å². The first-order valence-corrected chi connectivity index (χ1v) is 3.21. The van der Waals surface area contributed by atoms with E-state index in [0.29, 0.717) is 0 Å². The Labute approximate surface area is 61.3 Å². The Hall–Kier alpha value is -1.24. The molecular formula is C9H11N. The second-order valence-corrected chi connectivity index (χ2v) is 2.24. The summed E-state index contributed by atoms with van der Waals surface area (Å²) >= 11 is 0. The van der Waals surface area contributed by atoms with Gasteiger partial charge in [-0.15, -0.1) is 0 Å². The molecule has 0 N–H and O–H groups in total. The fourth-order valence-electron chi connectivity index (χ4n) is 0.908. The van der Waals surface area contributed by atoms with E-state index in [1.807, 2.05) is 35.9 Å². The van der Waals surface area contributed by atoms with Gasteiger partial charge in [0, 0.05) is 17.6 Å². The van der Waals surface area contributed by atoms with Gasteiger partial charge < -0.3 is 4.57 Å². The fourth-order valence-corrected chi connectivity index (χ4v) is 0.908. The maximum absolute atomic E-state index is 3.82. The van der Waals surface area contributed by atoms with E-state index < -0.39 is 0 Å². The normalized spacial score (nSPS) is 9.30. The lowest BCUT2D eigenvalue weighted by molar-refractivity contribution is 1.09. The summed E-state index contributed by atoms with van der Waals surface area (Å²) < 4.78 is 1.99. The van der Waals surface area contributed by atoms with E-state index in [1.165, 1.54) is 0 Å². The lowest BCUT2D eigenvalue weighted by atomic mass is 10.4. The summed E-state index contributed by atoms with van der Waals surface area (Å²) in [6, 6.07) is 3.98. The monoisotopic (exact) mass is 133 g/mol. The molecule has 0 radical (unpaired) electrons. The molecule has 0 saturated carbocycles. The number of nitrogens with zero attached hydrogens (tertiary/aromatic N) is 1. The van der Waals surface area contributed by atoms with Gasteiger partial charge in [0.1, 0.15) is 0 Å². The molecule has 0 fully saturated rings. The molecule has 0 aromatic carbocycles. The van der Waals surface area contributed by atoms with Crippen molar-refractivity contribution in [1.82, 2.24) is 4.57 Å². The molecule has 10 heavy (non-hydrogen) atoms. The topological polar surface area (TPSA) is 4.93 Å². The number of hydrogen-bond acceptors (Lipinski definition) is 0. The Morgan fingerprint density at radius 3 is 2.80 bits per heavy atom. The third kappa shape index (κ3) is 1.03. The Balaban J connectivity index is 3.13. The van der Waals surface area contributed by atoms with Crippen molar-refractivity contribution in [2.24, 2.45) is 0 Å². The van der Waals surface area contributed by atoms with Gasteiger partial charge in [-0.3, -0.25) is 0 Å². The zero-order chi connectivity index (χ0) is 7.56. The molecule has 1 nitrogen and oxygen atoms in total. The number of aromatic nitrogens is 1. The molecule has 0 aliphatic heterocycles. The van der Waals surface area contributed by atoms with Gasteiger partial charge in [-0.2, -0.15) is 0 Å². The van der Waals surface area contributed by atoms with E-state index in [1.54, 1.807) is 0 Å². The van der Waals surface area contributed by atoms with Gasteiger partial charge >= 0.3 is 0 Å². The van der Waals surface area contributed by atoms with Crippen molar-refractivity contribution in [1.29, 1.82) is 0 Å². The lowest BCUT2D eigenvalue weighted by Crippen LogP contribution is -1.90. The first kappa shape index (κ1) is 6.87. The minimum absolute atomic E-state index is 1.01. The minimum atomic E-state index is 1.01. The van der Waals surface area contributed by atoms with Crippen LogP contribution in [0, 0.1) is 0 Å². The smallest absolute Gasteiger partial charge is 0.0446 e. The van der Waals surface area contributed by atoms with Gasteiger partial charge in [0.25, 0.3) is 0 Å². The van der Waals surface area contributed by atoms with Gasteiger partial charge in [0.2, 0.25) is 0 Å². The highest BCUT2D eigenvalue weighted by molar-refractivity contribution is 5.51. The average Bonchev–Trinajstić information content (AvgIpc) is 2.33. The Bertz CT molecular complexity index is 255. The molecule has 1 rings (SSSR count). The van der Waals surface area contributed by atoms with Crippen LogP contribution in [0.2, 0.25) is 0 Å². The number of rotatable bonds is 2.